The number of aromatic amines is 1. The van der Waals surface area contributed by atoms with E-state index in [1.165, 1.54) is 6.42 Å². The molecule has 1 aromatic heterocycles. The largest absolute Gasteiger partial charge is 0.444 e. The number of H-pyrrole nitrogens is 1. The molecule has 0 aliphatic heterocycles. The number of carbonyl (C=O) groups is 1. The third-order valence-corrected chi connectivity index (χ3v) is 4.12. The van der Waals surface area contributed by atoms with Gasteiger partial charge in [0, 0.05) is 13.0 Å². The summed E-state index contributed by atoms with van der Waals surface area (Å²) in [5.74, 6) is 0.748. The van der Waals surface area contributed by atoms with E-state index in [2.05, 4.69) is 15.5 Å². The first-order valence-electron chi connectivity index (χ1n) is 7.80. The van der Waals surface area contributed by atoms with Crippen molar-refractivity contribution in [2.24, 2.45) is 5.41 Å². The van der Waals surface area contributed by atoms with Crippen LogP contribution in [0, 0.1) is 10.3 Å². The highest BCUT2D eigenvalue weighted by Gasteiger charge is 2.34. The molecule has 2 rings (SSSR count). The first kappa shape index (κ1) is 17.0. The molecule has 0 saturated heterocycles. The van der Waals surface area contributed by atoms with Gasteiger partial charge in [-0.25, -0.2) is 4.79 Å². The van der Waals surface area contributed by atoms with E-state index in [9.17, 15) is 4.79 Å². The number of carbonyl (C=O) groups excluding carboxylic acids is 1. The van der Waals surface area contributed by atoms with Crippen molar-refractivity contribution in [2.45, 2.75) is 64.9 Å². The molecule has 0 atom stereocenters. The van der Waals surface area contributed by atoms with Gasteiger partial charge in [0.05, 0.1) is 0 Å². The Kier molecular flexibility index (Phi) is 5.26. The van der Waals surface area contributed by atoms with Gasteiger partial charge in [-0.1, -0.05) is 24.4 Å². The molecule has 0 aromatic carbocycles. The van der Waals surface area contributed by atoms with E-state index in [1.54, 1.807) is 0 Å². The fraction of sp³-hybridized carbons (Fsp3) is 0.800. The summed E-state index contributed by atoms with van der Waals surface area (Å²) in [7, 11) is 0. The van der Waals surface area contributed by atoms with Gasteiger partial charge < -0.3 is 14.6 Å². The maximum atomic E-state index is 11.9. The topological polar surface area (TPSA) is 80.2 Å². The van der Waals surface area contributed by atoms with E-state index in [-0.39, 0.29) is 11.5 Å². The van der Waals surface area contributed by atoms with Crippen molar-refractivity contribution in [3.05, 3.63) is 10.7 Å². The average molecular weight is 327 g/mol. The molecule has 22 heavy (non-hydrogen) atoms. The Balaban J connectivity index is 1.99. The number of hydrogen-bond acceptors (Lipinski definition) is 5. The molecule has 0 radical (unpaired) electrons. The number of hydrogen-bond donors (Lipinski definition) is 2. The van der Waals surface area contributed by atoms with Gasteiger partial charge in [-0.05, 0) is 51.2 Å². The van der Waals surface area contributed by atoms with Crippen LogP contribution in [0.25, 0.3) is 0 Å². The molecule has 1 aliphatic rings. The molecule has 0 spiro atoms. The Hall–Kier alpha value is -1.37. The molecule has 0 unspecified atom stereocenters. The van der Waals surface area contributed by atoms with E-state index in [4.69, 9.17) is 21.5 Å². The predicted octanol–water partition coefficient (Wildman–Crippen LogP) is 3.75. The van der Waals surface area contributed by atoms with Crippen molar-refractivity contribution in [2.75, 3.05) is 6.54 Å². The van der Waals surface area contributed by atoms with Crippen molar-refractivity contribution >= 4 is 18.3 Å². The van der Waals surface area contributed by atoms with Crippen molar-refractivity contribution in [3.63, 3.8) is 0 Å². The zero-order valence-electron chi connectivity index (χ0n) is 13.5. The number of rotatable bonds is 4. The van der Waals surface area contributed by atoms with Crippen molar-refractivity contribution < 1.29 is 14.1 Å². The van der Waals surface area contributed by atoms with Crippen LogP contribution in [0.5, 0.6) is 0 Å². The van der Waals surface area contributed by atoms with Crippen LogP contribution in [0.15, 0.2) is 4.52 Å². The standard InChI is InChI=1S/C15H25N3O3S/c1-14(2,3)20-12(19)16-10-15(7-5-4-6-8-15)9-11-17-13(22)21-18-11/h4-10H2,1-3H3,(H,16,19)(H,17,18,22). The first-order chi connectivity index (χ1) is 10.3. The number of nitrogens with zero attached hydrogens (tertiary/aromatic N) is 1. The van der Waals surface area contributed by atoms with Crippen molar-refractivity contribution in [1.29, 1.82) is 0 Å². The molecule has 1 fully saturated rings. The molecule has 0 bridgehead atoms. The van der Waals surface area contributed by atoms with E-state index < -0.39 is 5.60 Å². The molecule has 7 heteroatoms. The summed E-state index contributed by atoms with van der Waals surface area (Å²) in [4.78, 5) is 15.2. The SMILES string of the molecule is CC(C)(C)OC(=O)NCC1(Cc2noc(=S)[nH]2)CCCCC1. The molecule has 124 valence electrons. The lowest BCUT2D eigenvalue weighted by Gasteiger charge is -2.36. The van der Waals surface area contributed by atoms with Gasteiger partial charge in [0.15, 0.2) is 5.82 Å². The number of nitrogens with one attached hydrogen (secondary N) is 2. The van der Waals surface area contributed by atoms with Crippen LogP contribution in [-0.2, 0) is 11.2 Å². The van der Waals surface area contributed by atoms with Gasteiger partial charge in [-0.2, -0.15) is 0 Å². The minimum absolute atomic E-state index is 0.00962. The van der Waals surface area contributed by atoms with Gasteiger partial charge in [0.25, 0.3) is 4.84 Å². The summed E-state index contributed by atoms with van der Waals surface area (Å²) in [6.07, 6.45) is 6.02. The van der Waals surface area contributed by atoms with Gasteiger partial charge in [0.1, 0.15) is 5.60 Å². The highest BCUT2D eigenvalue weighted by Crippen LogP contribution is 2.38. The summed E-state index contributed by atoms with van der Waals surface area (Å²) in [6, 6.07) is 0. The first-order valence-corrected chi connectivity index (χ1v) is 8.21. The number of ether oxygens (including phenoxy) is 1. The second-order valence-electron chi connectivity index (χ2n) is 7.13. The third kappa shape index (κ3) is 5.12. The van der Waals surface area contributed by atoms with Crippen LogP contribution in [0.2, 0.25) is 0 Å². The smallest absolute Gasteiger partial charge is 0.407 e. The van der Waals surface area contributed by atoms with Crippen LogP contribution in [0.3, 0.4) is 0 Å². The quantitative estimate of drug-likeness (QED) is 0.823. The van der Waals surface area contributed by atoms with E-state index >= 15 is 0 Å². The Bertz CT molecular complexity index is 553. The molecule has 1 aromatic rings. The second kappa shape index (κ2) is 6.81. The van der Waals surface area contributed by atoms with Crippen LogP contribution in [-0.4, -0.2) is 28.4 Å². The summed E-state index contributed by atoms with van der Waals surface area (Å²) in [5, 5.41) is 6.88. The summed E-state index contributed by atoms with van der Waals surface area (Å²) < 4.78 is 10.3. The Morgan fingerprint density at radius 3 is 2.64 bits per heavy atom. The van der Waals surface area contributed by atoms with Crippen LogP contribution < -0.4 is 5.32 Å². The fourth-order valence-corrected chi connectivity index (χ4v) is 3.14. The summed E-state index contributed by atoms with van der Waals surface area (Å²) >= 11 is 4.93. The zero-order chi connectivity index (χ0) is 16.2. The van der Waals surface area contributed by atoms with Crippen molar-refractivity contribution in [1.82, 2.24) is 15.5 Å². The highest BCUT2D eigenvalue weighted by atomic mass is 32.1. The van der Waals surface area contributed by atoms with Gasteiger partial charge in [-0.3, -0.25) is 4.98 Å². The lowest BCUT2D eigenvalue weighted by molar-refractivity contribution is 0.0480. The lowest BCUT2D eigenvalue weighted by Crippen LogP contribution is -2.42. The molecule has 1 amide bonds. The Morgan fingerprint density at radius 2 is 2.09 bits per heavy atom. The summed E-state index contributed by atoms with van der Waals surface area (Å²) in [6.45, 7) is 6.16. The zero-order valence-corrected chi connectivity index (χ0v) is 14.3. The van der Waals surface area contributed by atoms with Gasteiger partial charge in [0.2, 0.25) is 0 Å². The fourth-order valence-electron chi connectivity index (χ4n) is 2.98. The van der Waals surface area contributed by atoms with E-state index in [1.807, 2.05) is 20.8 Å². The van der Waals surface area contributed by atoms with Crippen LogP contribution in [0.1, 0.15) is 58.7 Å². The summed E-state index contributed by atoms with van der Waals surface area (Å²) in [5.41, 5.74) is -0.495. The number of aromatic nitrogens is 2. The average Bonchev–Trinajstić information content (AvgIpc) is 2.81. The Labute approximate surface area is 136 Å². The molecule has 1 saturated carbocycles. The lowest BCUT2D eigenvalue weighted by atomic mass is 9.71. The maximum Gasteiger partial charge on any atom is 0.407 e. The van der Waals surface area contributed by atoms with Crippen molar-refractivity contribution in [3.8, 4) is 0 Å². The third-order valence-electron chi connectivity index (χ3n) is 3.95. The molecule has 6 nitrogen and oxygen atoms in total. The molecule has 1 aliphatic carbocycles. The minimum atomic E-state index is -0.485. The molecule has 2 N–H and O–H groups in total. The molecular formula is C15H25N3O3S. The van der Waals surface area contributed by atoms with Gasteiger partial charge >= 0.3 is 6.09 Å². The molecule has 1 heterocycles. The number of alkyl carbamates (subject to hydrolysis) is 1. The predicted molar refractivity (Wildman–Crippen MR) is 85.1 cm³/mol. The van der Waals surface area contributed by atoms with Gasteiger partial charge in [-0.15, -0.1) is 0 Å². The number of amides is 1. The maximum absolute atomic E-state index is 11.9. The van der Waals surface area contributed by atoms with E-state index in [0.717, 1.165) is 37.9 Å². The molecular weight excluding hydrogens is 302 g/mol. The van der Waals surface area contributed by atoms with Crippen LogP contribution >= 0.6 is 12.2 Å². The van der Waals surface area contributed by atoms with Crippen LogP contribution in [0.4, 0.5) is 4.79 Å². The minimum Gasteiger partial charge on any atom is -0.444 e. The normalized spacial score (nSPS) is 18.0. The van der Waals surface area contributed by atoms with E-state index in [0.29, 0.717) is 11.4 Å². The monoisotopic (exact) mass is 327 g/mol. The highest BCUT2D eigenvalue weighted by molar-refractivity contribution is 7.71. The second-order valence-corrected chi connectivity index (χ2v) is 7.51. The Morgan fingerprint density at radius 1 is 1.41 bits per heavy atom.